The van der Waals surface area contributed by atoms with Crippen molar-refractivity contribution in [1.29, 1.82) is 0 Å². The van der Waals surface area contributed by atoms with Gasteiger partial charge in [-0.25, -0.2) is 0 Å². The fraction of sp³-hybridized carbons (Fsp3) is 0.667. The van der Waals surface area contributed by atoms with E-state index in [2.05, 4.69) is 14.8 Å². The Kier molecular flexibility index (Phi) is 3.99. The van der Waals surface area contributed by atoms with E-state index in [1.807, 2.05) is 12.3 Å². The molecule has 1 aromatic rings. The molecule has 4 heteroatoms. The molecule has 0 radical (unpaired) electrons. The van der Waals surface area contributed by atoms with Crippen molar-refractivity contribution >= 4 is 5.69 Å². The van der Waals surface area contributed by atoms with Gasteiger partial charge in [0.2, 0.25) is 0 Å². The topological polar surface area (TPSA) is 39.6 Å². The van der Waals surface area contributed by atoms with Crippen LogP contribution in [0.3, 0.4) is 0 Å². The van der Waals surface area contributed by atoms with E-state index in [0.29, 0.717) is 0 Å². The molecule has 1 saturated carbocycles. The molecule has 0 amide bonds. The summed E-state index contributed by atoms with van der Waals surface area (Å²) in [6.07, 6.45) is 9.22. The van der Waals surface area contributed by atoms with Crippen LogP contribution >= 0.6 is 0 Å². The summed E-state index contributed by atoms with van der Waals surface area (Å²) in [6, 6.07) is 2.74. The lowest BCUT2D eigenvalue weighted by molar-refractivity contribution is 0.187. The van der Waals surface area contributed by atoms with E-state index in [4.69, 9.17) is 0 Å². The van der Waals surface area contributed by atoms with Crippen LogP contribution in [0.1, 0.15) is 31.2 Å². The second kappa shape index (κ2) is 5.88. The van der Waals surface area contributed by atoms with Gasteiger partial charge in [0.05, 0.1) is 18.5 Å². The van der Waals surface area contributed by atoms with Gasteiger partial charge in [-0.3, -0.25) is 9.88 Å². The molecule has 0 bridgehead atoms. The van der Waals surface area contributed by atoms with Gasteiger partial charge in [-0.15, -0.1) is 0 Å². The average molecular weight is 261 g/mol. The monoisotopic (exact) mass is 261 g/mol. The molecule has 0 unspecified atom stereocenters. The number of rotatable bonds is 3. The Bertz CT molecular complexity index is 410. The zero-order valence-corrected chi connectivity index (χ0v) is 11.5. The molecular weight excluding hydrogens is 238 g/mol. The summed E-state index contributed by atoms with van der Waals surface area (Å²) in [5.41, 5.74) is 2.10. The summed E-state index contributed by atoms with van der Waals surface area (Å²) in [5.74, 6) is 0. The molecule has 1 aliphatic carbocycles. The molecule has 1 N–H and O–H groups in total. The molecule has 0 aromatic carbocycles. The van der Waals surface area contributed by atoms with Crippen molar-refractivity contribution in [3.8, 4) is 0 Å². The quantitative estimate of drug-likeness (QED) is 0.898. The lowest BCUT2D eigenvalue weighted by Crippen LogP contribution is -2.50. The SMILES string of the molecule is OCc1ccncc1N1CCN(C2CCCC2)CC1. The number of pyridine rings is 1. The zero-order chi connectivity index (χ0) is 13.1. The highest BCUT2D eigenvalue weighted by atomic mass is 16.3. The molecule has 4 nitrogen and oxygen atoms in total. The molecule has 2 aliphatic rings. The van der Waals surface area contributed by atoms with Crippen LogP contribution in [0.15, 0.2) is 18.5 Å². The third kappa shape index (κ3) is 2.74. The van der Waals surface area contributed by atoms with Gasteiger partial charge in [-0.2, -0.15) is 0 Å². The first-order valence-electron chi connectivity index (χ1n) is 7.41. The summed E-state index contributed by atoms with van der Waals surface area (Å²) in [4.78, 5) is 9.21. The fourth-order valence-electron chi connectivity index (χ4n) is 3.43. The van der Waals surface area contributed by atoms with Gasteiger partial charge in [0.1, 0.15) is 0 Å². The van der Waals surface area contributed by atoms with Crippen molar-refractivity contribution in [2.24, 2.45) is 0 Å². The van der Waals surface area contributed by atoms with E-state index in [9.17, 15) is 5.11 Å². The van der Waals surface area contributed by atoms with E-state index in [-0.39, 0.29) is 6.61 Å². The maximum Gasteiger partial charge on any atom is 0.0703 e. The highest BCUT2D eigenvalue weighted by Crippen LogP contribution is 2.26. The van der Waals surface area contributed by atoms with Crippen LogP contribution < -0.4 is 4.90 Å². The Labute approximate surface area is 115 Å². The van der Waals surface area contributed by atoms with Crippen LogP contribution in [0, 0.1) is 0 Å². The van der Waals surface area contributed by atoms with Gasteiger partial charge >= 0.3 is 0 Å². The van der Waals surface area contributed by atoms with E-state index in [1.165, 1.54) is 25.7 Å². The number of hydrogen-bond acceptors (Lipinski definition) is 4. The average Bonchev–Trinajstić information content (AvgIpc) is 3.02. The highest BCUT2D eigenvalue weighted by molar-refractivity contribution is 5.51. The van der Waals surface area contributed by atoms with Gasteiger partial charge < -0.3 is 10.0 Å². The van der Waals surface area contributed by atoms with Gasteiger partial charge in [0.15, 0.2) is 0 Å². The Morgan fingerprint density at radius 2 is 1.89 bits per heavy atom. The number of piperazine rings is 1. The minimum Gasteiger partial charge on any atom is -0.392 e. The molecule has 19 heavy (non-hydrogen) atoms. The molecule has 0 atom stereocenters. The number of aromatic nitrogens is 1. The molecule has 1 saturated heterocycles. The standard InChI is InChI=1S/C15H23N3O/c19-12-13-5-6-16-11-15(13)18-9-7-17(8-10-18)14-3-1-2-4-14/h5-6,11,14,19H,1-4,7-10,12H2. The van der Waals surface area contributed by atoms with E-state index >= 15 is 0 Å². The Hall–Kier alpha value is -1.13. The van der Waals surface area contributed by atoms with Crippen LogP contribution in [0.25, 0.3) is 0 Å². The summed E-state index contributed by atoms with van der Waals surface area (Å²) in [5, 5.41) is 9.41. The van der Waals surface area contributed by atoms with Crippen molar-refractivity contribution in [3.05, 3.63) is 24.0 Å². The number of aliphatic hydroxyl groups is 1. The second-order valence-corrected chi connectivity index (χ2v) is 5.62. The van der Waals surface area contributed by atoms with Gasteiger partial charge in [0, 0.05) is 44.0 Å². The summed E-state index contributed by atoms with van der Waals surface area (Å²) >= 11 is 0. The number of anilines is 1. The van der Waals surface area contributed by atoms with Crippen LogP contribution in [-0.2, 0) is 6.61 Å². The maximum absolute atomic E-state index is 9.41. The molecule has 0 spiro atoms. The fourth-order valence-corrected chi connectivity index (χ4v) is 3.43. The Balaban J connectivity index is 1.63. The lowest BCUT2D eigenvalue weighted by Gasteiger charge is -2.39. The van der Waals surface area contributed by atoms with Crippen LogP contribution in [0.4, 0.5) is 5.69 Å². The molecule has 2 heterocycles. The van der Waals surface area contributed by atoms with Crippen LogP contribution in [-0.4, -0.2) is 47.2 Å². The molecule has 1 aromatic heterocycles. The molecule has 2 fully saturated rings. The second-order valence-electron chi connectivity index (χ2n) is 5.62. The molecule has 104 valence electrons. The summed E-state index contributed by atoms with van der Waals surface area (Å²) in [6.45, 7) is 4.49. The maximum atomic E-state index is 9.41. The summed E-state index contributed by atoms with van der Waals surface area (Å²) < 4.78 is 0. The predicted molar refractivity (Wildman–Crippen MR) is 76.2 cm³/mol. The third-order valence-electron chi connectivity index (χ3n) is 4.55. The van der Waals surface area contributed by atoms with Crippen LogP contribution in [0.2, 0.25) is 0 Å². The normalized spacial score (nSPS) is 22.1. The first-order valence-corrected chi connectivity index (χ1v) is 7.41. The Morgan fingerprint density at radius 3 is 2.58 bits per heavy atom. The number of aliphatic hydroxyl groups excluding tert-OH is 1. The minimum absolute atomic E-state index is 0.0979. The van der Waals surface area contributed by atoms with Crippen molar-refractivity contribution in [1.82, 2.24) is 9.88 Å². The lowest BCUT2D eigenvalue weighted by atomic mass is 10.1. The van der Waals surface area contributed by atoms with E-state index < -0.39 is 0 Å². The smallest absolute Gasteiger partial charge is 0.0703 e. The van der Waals surface area contributed by atoms with E-state index in [0.717, 1.165) is 43.5 Å². The van der Waals surface area contributed by atoms with Gasteiger partial charge in [0.25, 0.3) is 0 Å². The highest BCUT2D eigenvalue weighted by Gasteiger charge is 2.26. The van der Waals surface area contributed by atoms with Gasteiger partial charge in [-0.05, 0) is 18.9 Å². The molecule has 3 rings (SSSR count). The molecular formula is C15H23N3O. The first-order chi connectivity index (χ1) is 9.38. The van der Waals surface area contributed by atoms with Gasteiger partial charge in [-0.1, -0.05) is 12.8 Å². The first kappa shape index (κ1) is 12.9. The van der Waals surface area contributed by atoms with E-state index in [1.54, 1.807) is 6.20 Å². The van der Waals surface area contributed by atoms with Crippen molar-refractivity contribution in [2.45, 2.75) is 38.3 Å². The minimum atomic E-state index is 0.0979. The summed E-state index contributed by atoms with van der Waals surface area (Å²) in [7, 11) is 0. The third-order valence-corrected chi connectivity index (χ3v) is 4.55. The largest absolute Gasteiger partial charge is 0.392 e. The van der Waals surface area contributed by atoms with Crippen molar-refractivity contribution in [2.75, 3.05) is 31.1 Å². The zero-order valence-electron chi connectivity index (χ0n) is 11.5. The van der Waals surface area contributed by atoms with Crippen LogP contribution in [0.5, 0.6) is 0 Å². The Morgan fingerprint density at radius 1 is 1.16 bits per heavy atom. The van der Waals surface area contributed by atoms with Crippen molar-refractivity contribution < 1.29 is 5.11 Å². The van der Waals surface area contributed by atoms with Crippen molar-refractivity contribution in [3.63, 3.8) is 0 Å². The number of nitrogens with zero attached hydrogens (tertiary/aromatic N) is 3. The predicted octanol–water partition coefficient (Wildman–Crippen LogP) is 1.64. The molecule has 1 aliphatic heterocycles. The number of hydrogen-bond donors (Lipinski definition) is 1.